The molecule has 18 heavy (non-hydrogen) atoms. The summed E-state index contributed by atoms with van der Waals surface area (Å²) in [5, 5.41) is 0. The molecule has 0 aromatic heterocycles. The Morgan fingerprint density at radius 3 is 0.667 bits per heavy atom. The molecule has 0 aliphatic rings. The van der Waals surface area contributed by atoms with Crippen LogP contribution in [-0.4, -0.2) is 43.9 Å². The molecular weight excluding hydrogens is 314 g/mol. The van der Waals surface area contributed by atoms with Crippen molar-refractivity contribution in [3.05, 3.63) is 34.4 Å². The first-order chi connectivity index (χ1) is 7.74. The van der Waals surface area contributed by atoms with Gasteiger partial charge in [-0.2, -0.15) is 53.2 Å². The third-order valence-corrected chi connectivity index (χ3v) is 0.375. The smallest absolute Gasteiger partial charge is 0.679 e. The van der Waals surface area contributed by atoms with Gasteiger partial charge in [-0.25, -0.2) is 0 Å². The molecule has 0 atom stereocenters. The van der Waals surface area contributed by atoms with Crippen LogP contribution in [0.15, 0.2) is 0 Å². The first-order valence-corrected chi connectivity index (χ1v) is 5.52. The van der Waals surface area contributed by atoms with Crippen molar-refractivity contribution in [3.8, 4) is 0 Å². The van der Waals surface area contributed by atoms with Gasteiger partial charge >= 0.3 is 16.5 Å². The Bertz CT molecular complexity index is 91.1. The van der Waals surface area contributed by atoms with E-state index >= 15 is 0 Å². The second-order valence-electron chi connectivity index (χ2n) is 1.90. The van der Waals surface area contributed by atoms with E-state index in [1.54, 1.807) is 0 Å². The zero-order valence-electron chi connectivity index (χ0n) is 9.61. The Morgan fingerprint density at radius 1 is 0.611 bits per heavy atom. The van der Waals surface area contributed by atoms with Crippen molar-refractivity contribution in [2.75, 3.05) is 39.3 Å². The van der Waals surface area contributed by atoms with Crippen molar-refractivity contribution in [1.82, 2.24) is 0 Å². The van der Waals surface area contributed by atoms with E-state index in [0.29, 0.717) is 0 Å². The fraction of sp³-hybridized carbons (Fsp3) is 1.00. The van der Waals surface area contributed by atoms with Crippen LogP contribution in [0.3, 0.4) is 0 Å². The van der Waals surface area contributed by atoms with Gasteiger partial charge in [0.1, 0.15) is 0 Å². The summed E-state index contributed by atoms with van der Waals surface area (Å²) in [6.45, 7) is 1.42. The molecule has 10 nitrogen and oxygen atoms in total. The van der Waals surface area contributed by atoms with Crippen molar-refractivity contribution in [2.45, 2.75) is 0 Å². The van der Waals surface area contributed by atoms with E-state index in [2.05, 4.69) is 0 Å². The second-order valence-corrected chi connectivity index (χ2v) is 2.69. The maximum absolute atomic E-state index is 8.60. The van der Waals surface area contributed by atoms with Crippen molar-refractivity contribution in [3.63, 3.8) is 0 Å². The monoisotopic (exact) mass is 332 g/mol. The van der Waals surface area contributed by atoms with Crippen molar-refractivity contribution < 1.29 is 45.4 Å². The van der Waals surface area contributed by atoms with Gasteiger partial charge in [0, 0.05) is 0 Å². The Kier molecular flexibility index (Phi) is 52.4. The van der Waals surface area contributed by atoms with E-state index in [9.17, 15) is 0 Å². The molecule has 12 heteroatoms. The SMILES string of the molecule is [NH-]CC[NH-].[NH-]CC[NH-].[NH-]CC[NH-].[Ni+2].[O-][Cl+3]([O-])([O-])O. The minimum Gasteiger partial charge on any atom is -0.679 e. The minimum absolute atomic E-state index is 0. The summed E-state index contributed by atoms with van der Waals surface area (Å²) in [6.07, 6.45) is 0. The van der Waals surface area contributed by atoms with Gasteiger partial charge in [0.15, 0.2) is 0 Å². The zero-order chi connectivity index (χ0) is 14.7. The van der Waals surface area contributed by atoms with Gasteiger partial charge in [-0.3, -0.25) is 0 Å². The third kappa shape index (κ3) is 339. The molecule has 0 spiro atoms. The molecule has 0 amide bonds. The van der Waals surface area contributed by atoms with E-state index < -0.39 is 10.2 Å². The summed E-state index contributed by atoms with van der Waals surface area (Å²) < 4.78 is 32.7. The summed E-state index contributed by atoms with van der Waals surface area (Å²) >= 11 is 0. The molecule has 0 aromatic rings. The molecule has 0 saturated heterocycles. The van der Waals surface area contributed by atoms with Crippen LogP contribution in [-0.2, 0) is 16.5 Å². The largest absolute Gasteiger partial charge is 2.00 e. The van der Waals surface area contributed by atoms with Crippen molar-refractivity contribution in [1.29, 1.82) is 0 Å². The molecular formula is C6H19ClN6NiO4-4. The van der Waals surface area contributed by atoms with Crippen LogP contribution in [0.4, 0.5) is 0 Å². The van der Waals surface area contributed by atoms with Gasteiger partial charge in [-0.1, -0.05) is 0 Å². The molecule has 0 bridgehead atoms. The van der Waals surface area contributed by atoms with Crippen molar-refractivity contribution >= 4 is 0 Å². The van der Waals surface area contributed by atoms with E-state index in [-0.39, 0.29) is 55.8 Å². The van der Waals surface area contributed by atoms with Gasteiger partial charge < -0.3 is 34.4 Å². The quantitative estimate of drug-likeness (QED) is 0.649. The first kappa shape index (κ1) is 31.0. The van der Waals surface area contributed by atoms with Crippen LogP contribution in [0, 0.1) is 10.2 Å². The first-order valence-electron chi connectivity index (χ1n) is 4.25. The summed E-state index contributed by atoms with van der Waals surface area (Å²) in [6, 6.07) is 0. The number of rotatable bonds is 3. The maximum Gasteiger partial charge on any atom is 2.00 e. The predicted molar refractivity (Wildman–Crippen MR) is 57.4 cm³/mol. The number of hydrogen-bond acceptors (Lipinski definition) is 4. The molecule has 0 heterocycles. The average molecular weight is 333 g/mol. The van der Waals surface area contributed by atoms with Crippen LogP contribution < -0.4 is 14.0 Å². The van der Waals surface area contributed by atoms with Gasteiger partial charge in [-0.15, -0.1) is 0 Å². The van der Waals surface area contributed by atoms with E-state index in [1.807, 2.05) is 0 Å². The molecule has 0 aliphatic carbocycles. The van der Waals surface area contributed by atoms with Gasteiger partial charge in [-0.05, 0) is 0 Å². The maximum atomic E-state index is 8.60. The average Bonchev–Trinajstić information content (AvgIpc) is 2.27. The Morgan fingerprint density at radius 2 is 0.667 bits per heavy atom. The fourth-order valence-corrected chi connectivity index (χ4v) is 0. The molecule has 7 N–H and O–H groups in total. The normalized spacial score (nSPS) is 8.33. The molecule has 0 aliphatic heterocycles. The minimum atomic E-state index is -4.69. The zero-order valence-corrected chi connectivity index (χ0v) is 11.4. The van der Waals surface area contributed by atoms with Gasteiger partial charge in [0.25, 0.3) is 0 Å². The van der Waals surface area contributed by atoms with E-state index in [1.165, 1.54) is 0 Å². The van der Waals surface area contributed by atoms with Gasteiger partial charge in [0.05, 0.1) is 14.9 Å². The third-order valence-electron chi connectivity index (χ3n) is 0.375. The Balaban J connectivity index is -0.0000000412. The predicted octanol–water partition coefficient (Wildman–Crippen LogP) is -0.854. The molecule has 0 radical (unpaired) electrons. The number of nitrogens with one attached hydrogen (secondary N) is 6. The van der Waals surface area contributed by atoms with Gasteiger partial charge in [0.2, 0.25) is 0 Å². The molecule has 0 unspecified atom stereocenters. The van der Waals surface area contributed by atoms with Crippen LogP contribution in [0.2, 0.25) is 0 Å². The molecule has 0 aromatic carbocycles. The van der Waals surface area contributed by atoms with Crippen LogP contribution in [0.5, 0.6) is 0 Å². The summed E-state index contributed by atoms with van der Waals surface area (Å²) in [5.74, 6) is 0. The van der Waals surface area contributed by atoms with Crippen LogP contribution in [0.25, 0.3) is 34.4 Å². The number of halogens is 1. The Labute approximate surface area is 119 Å². The van der Waals surface area contributed by atoms with Crippen LogP contribution in [0.1, 0.15) is 0 Å². The fourth-order valence-electron chi connectivity index (χ4n) is 0. The molecule has 0 fully saturated rings. The molecule has 0 rings (SSSR count). The number of hydrogen-bond donors (Lipinski definition) is 1. The summed E-state index contributed by atoms with van der Waals surface area (Å²) in [4.78, 5) is 0. The topological polar surface area (TPSA) is 232 Å². The van der Waals surface area contributed by atoms with E-state index in [4.69, 9.17) is 53.0 Å². The van der Waals surface area contributed by atoms with Crippen molar-refractivity contribution in [2.24, 2.45) is 0 Å². The molecule has 118 valence electrons. The van der Waals surface area contributed by atoms with E-state index in [0.717, 1.165) is 0 Å². The Hall–Kier alpha value is 0.384. The second kappa shape index (κ2) is 30.4. The summed E-state index contributed by atoms with van der Waals surface area (Å²) in [5.41, 5.74) is 37.6. The molecule has 0 saturated carbocycles. The standard InChI is InChI=1S/3C2H6N2.ClHO4.Ni/c3*3-1-2-4;2-1(3,4)5;/h3*3-4H,1-2H2;(H,2,3,4,5);/q3*-2;;+2. The summed E-state index contributed by atoms with van der Waals surface area (Å²) in [7, 11) is -4.69. The van der Waals surface area contributed by atoms with Crippen LogP contribution >= 0.6 is 0 Å².